The smallest absolute Gasteiger partial charge is 0.223 e. The first kappa shape index (κ1) is 17.1. The molecule has 1 aliphatic rings. The molecule has 2 aromatic heterocycles. The second kappa shape index (κ2) is 7.46. The minimum atomic E-state index is 0.0443. The predicted molar refractivity (Wildman–Crippen MR) is 93.9 cm³/mol. The zero-order valence-corrected chi connectivity index (χ0v) is 14.5. The van der Waals surface area contributed by atoms with Gasteiger partial charge in [-0.3, -0.25) is 4.68 Å². The normalized spacial score (nSPS) is 21.0. The van der Waals surface area contributed by atoms with E-state index in [1.54, 1.807) is 17.1 Å². The molecule has 0 unspecified atom stereocenters. The van der Waals surface area contributed by atoms with Crippen molar-refractivity contribution >= 4 is 17.5 Å². The lowest BCUT2D eigenvalue weighted by molar-refractivity contribution is 0.296. The van der Waals surface area contributed by atoms with E-state index in [2.05, 4.69) is 20.4 Å². The molecule has 130 valence electrons. The lowest BCUT2D eigenvalue weighted by Crippen LogP contribution is -2.33. The van der Waals surface area contributed by atoms with Crippen molar-refractivity contribution in [3.05, 3.63) is 23.1 Å². The summed E-state index contributed by atoms with van der Waals surface area (Å²) in [7, 11) is 1.84. The van der Waals surface area contributed by atoms with Crippen LogP contribution in [0.3, 0.4) is 0 Å². The molecule has 0 aliphatic heterocycles. The number of anilines is 1. The largest absolute Gasteiger partial charge is 0.396 e. The maximum Gasteiger partial charge on any atom is 0.223 e. The highest BCUT2D eigenvalue weighted by molar-refractivity contribution is 6.32. The Kier molecular flexibility index (Phi) is 5.33. The number of aryl methyl sites for hydroxylation is 1. The zero-order valence-electron chi connectivity index (χ0n) is 13.7. The van der Waals surface area contributed by atoms with Crippen LogP contribution < -0.4 is 11.1 Å². The van der Waals surface area contributed by atoms with Crippen LogP contribution in [0.25, 0.3) is 11.3 Å². The van der Waals surface area contributed by atoms with Crippen molar-refractivity contribution in [2.45, 2.75) is 44.2 Å². The SMILES string of the molecule is Cn1ncc(-c2nc(NC3CCC(N)CC3)ncc2Cl)c1CCO. The van der Waals surface area contributed by atoms with E-state index in [0.29, 0.717) is 35.2 Å². The Morgan fingerprint density at radius 2 is 2.08 bits per heavy atom. The van der Waals surface area contributed by atoms with Gasteiger partial charge in [0, 0.05) is 43.4 Å². The summed E-state index contributed by atoms with van der Waals surface area (Å²) in [5.74, 6) is 0.564. The van der Waals surface area contributed by atoms with Crippen LogP contribution in [-0.4, -0.2) is 43.5 Å². The number of aliphatic hydroxyl groups excluding tert-OH is 1. The third-order valence-corrected chi connectivity index (χ3v) is 4.79. The Morgan fingerprint density at radius 1 is 1.33 bits per heavy atom. The molecule has 1 aliphatic carbocycles. The van der Waals surface area contributed by atoms with Crippen molar-refractivity contribution in [2.24, 2.45) is 12.8 Å². The maximum absolute atomic E-state index is 9.27. The van der Waals surface area contributed by atoms with Crippen molar-refractivity contribution in [3.8, 4) is 11.3 Å². The fourth-order valence-corrected chi connectivity index (χ4v) is 3.33. The highest BCUT2D eigenvalue weighted by Crippen LogP contribution is 2.29. The van der Waals surface area contributed by atoms with Crippen molar-refractivity contribution in [1.82, 2.24) is 19.7 Å². The van der Waals surface area contributed by atoms with Crippen LogP contribution in [0.5, 0.6) is 0 Å². The molecule has 0 saturated heterocycles. The van der Waals surface area contributed by atoms with Crippen molar-refractivity contribution in [1.29, 1.82) is 0 Å². The molecule has 0 aromatic carbocycles. The van der Waals surface area contributed by atoms with Crippen molar-refractivity contribution in [2.75, 3.05) is 11.9 Å². The quantitative estimate of drug-likeness (QED) is 0.759. The topological polar surface area (TPSA) is 102 Å². The Hall–Kier alpha value is -1.70. The first-order valence-corrected chi connectivity index (χ1v) is 8.63. The average Bonchev–Trinajstić information content (AvgIpc) is 2.93. The summed E-state index contributed by atoms with van der Waals surface area (Å²) in [6.07, 6.45) is 7.90. The summed E-state index contributed by atoms with van der Waals surface area (Å²) in [4.78, 5) is 8.89. The monoisotopic (exact) mass is 350 g/mol. The third kappa shape index (κ3) is 3.68. The molecule has 3 rings (SSSR count). The molecule has 1 fully saturated rings. The molecule has 0 radical (unpaired) electrons. The molecular formula is C16H23ClN6O. The number of nitrogens with one attached hydrogen (secondary N) is 1. The summed E-state index contributed by atoms with van der Waals surface area (Å²) in [5, 5.41) is 17.4. The number of hydrogen-bond acceptors (Lipinski definition) is 6. The number of nitrogens with two attached hydrogens (primary N) is 1. The number of rotatable bonds is 5. The first-order valence-electron chi connectivity index (χ1n) is 8.25. The van der Waals surface area contributed by atoms with Gasteiger partial charge in [0.15, 0.2) is 0 Å². The number of nitrogens with zero attached hydrogens (tertiary/aromatic N) is 4. The zero-order chi connectivity index (χ0) is 17.1. The highest BCUT2D eigenvalue weighted by Gasteiger charge is 2.20. The van der Waals surface area contributed by atoms with Gasteiger partial charge in [-0.05, 0) is 25.7 Å². The Morgan fingerprint density at radius 3 is 2.79 bits per heavy atom. The Labute approximate surface area is 146 Å². The van der Waals surface area contributed by atoms with Crippen LogP contribution in [-0.2, 0) is 13.5 Å². The van der Waals surface area contributed by atoms with Gasteiger partial charge in [-0.15, -0.1) is 0 Å². The van der Waals surface area contributed by atoms with Crippen LogP contribution >= 0.6 is 11.6 Å². The van der Waals surface area contributed by atoms with E-state index >= 15 is 0 Å². The van der Waals surface area contributed by atoms with Gasteiger partial charge in [-0.25, -0.2) is 9.97 Å². The second-order valence-electron chi connectivity index (χ2n) is 6.25. The molecule has 7 nitrogen and oxygen atoms in total. The van der Waals surface area contributed by atoms with Gasteiger partial charge < -0.3 is 16.2 Å². The van der Waals surface area contributed by atoms with Gasteiger partial charge >= 0.3 is 0 Å². The number of halogens is 1. The average molecular weight is 351 g/mol. The maximum atomic E-state index is 9.27. The Bertz CT molecular complexity index is 696. The fraction of sp³-hybridized carbons (Fsp3) is 0.562. The van der Waals surface area contributed by atoms with Crippen LogP contribution in [0.15, 0.2) is 12.4 Å². The lowest BCUT2D eigenvalue weighted by atomic mass is 9.92. The molecule has 0 spiro atoms. The van der Waals surface area contributed by atoms with Crippen LogP contribution in [0.1, 0.15) is 31.4 Å². The molecular weight excluding hydrogens is 328 g/mol. The number of aromatic nitrogens is 4. The van der Waals surface area contributed by atoms with Crippen LogP contribution in [0, 0.1) is 0 Å². The molecule has 2 heterocycles. The van der Waals surface area contributed by atoms with Gasteiger partial charge in [0.1, 0.15) is 0 Å². The molecule has 1 saturated carbocycles. The first-order chi connectivity index (χ1) is 11.6. The molecule has 8 heteroatoms. The minimum Gasteiger partial charge on any atom is -0.396 e. The fourth-order valence-electron chi connectivity index (χ4n) is 3.13. The van der Waals surface area contributed by atoms with Gasteiger partial charge in [-0.1, -0.05) is 11.6 Å². The van der Waals surface area contributed by atoms with E-state index in [1.165, 1.54) is 0 Å². The lowest BCUT2D eigenvalue weighted by Gasteiger charge is -2.26. The van der Waals surface area contributed by atoms with Gasteiger partial charge in [0.25, 0.3) is 0 Å². The van der Waals surface area contributed by atoms with E-state index in [1.807, 2.05) is 7.05 Å². The summed E-state index contributed by atoms with van der Waals surface area (Å²) >= 11 is 6.31. The highest BCUT2D eigenvalue weighted by atomic mass is 35.5. The van der Waals surface area contributed by atoms with E-state index in [0.717, 1.165) is 36.9 Å². The molecule has 4 N–H and O–H groups in total. The van der Waals surface area contributed by atoms with Crippen molar-refractivity contribution in [3.63, 3.8) is 0 Å². The van der Waals surface area contributed by atoms with E-state index < -0.39 is 0 Å². The van der Waals surface area contributed by atoms with Crippen LogP contribution in [0.4, 0.5) is 5.95 Å². The number of aliphatic hydroxyl groups is 1. The van der Waals surface area contributed by atoms with Gasteiger partial charge in [0.2, 0.25) is 5.95 Å². The minimum absolute atomic E-state index is 0.0443. The van der Waals surface area contributed by atoms with Gasteiger partial charge in [0.05, 0.1) is 23.1 Å². The molecule has 0 atom stereocenters. The molecule has 0 bridgehead atoms. The van der Waals surface area contributed by atoms with Crippen LogP contribution in [0.2, 0.25) is 5.02 Å². The molecule has 24 heavy (non-hydrogen) atoms. The molecule has 0 amide bonds. The summed E-state index contributed by atoms with van der Waals surface area (Å²) in [6, 6.07) is 0.644. The third-order valence-electron chi connectivity index (χ3n) is 4.51. The number of hydrogen-bond donors (Lipinski definition) is 3. The second-order valence-corrected chi connectivity index (χ2v) is 6.66. The standard InChI is InChI=1S/C16H23ClN6O/c1-23-14(6-7-24)12(8-20-23)15-13(17)9-19-16(22-15)21-11-4-2-10(18)3-5-11/h8-11,24H,2-7,18H2,1H3,(H,19,21,22). The molecule has 2 aromatic rings. The predicted octanol–water partition coefficient (Wildman–Crippen LogP) is 1.75. The van der Waals surface area contributed by atoms with Crippen molar-refractivity contribution < 1.29 is 5.11 Å². The van der Waals surface area contributed by atoms with E-state index in [4.69, 9.17) is 17.3 Å². The Balaban J connectivity index is 1.84. The van der Waals surface area contributed by atoms with Gasteiger partial charge in [-0.2, -0.15) is 5.10 Å². The van der Waals surface area contributed by atoms with E-state index in [9.17, 15) is 5.11 Å². The van der Waals surface area contributed by atoms with E-state index in [-0.39, 0.29) is 6.61 Å². The summed E-state index contributed by atoms with van der Waals surface area (Å²) < 4.78 is 1.74. The summed E-state index contributed by atoms with van der Waals surface area (Å²) in [6.45, 7) is 0.0443. The summed E-state index contributed by atoms with van der Waals surface area (Å²) in [5.41, 5.74) is 8.31.